The van der Waals surface area contributed by atoms with E-state index in [-0.39, 0.29) is 5.78 Å². The summed E-state index contributed by atoms with van der Waals surface area (Å²) in [6, 6.07) is 2.46. The molecule has 1 aromatic rings. The van der Waals surface area contributed by atoms with Crippen LogP contribution in [0.2, 0.25) is 0 Å². The number of nitrogens with zero attached hydrogens (tertiary/aromatic N) is 1. The van der Waals surface area contributed by atoms with Gasteiger partial charge in [-0.05, 0) is 76.1 Å². The molecule has 1 aromatic heterocycles. The number of carbonyl (C=O) groups excluding carboxylic acids is 1. The molecule has 1 aliphatic rings. The van der Waals surface area contributed by atoms with Crippen molar-refractivity contribution in [1.82, 2.24) is 4.90 Å². The van der Waals surface area contributed by atoms with E-state index in [0.29, 0.717) is 18.0 Å². The number of hydrogen-bond acceptors (Lipinski definition) is 3. The lowest BCUT2D eigenvalue weighted by atomic mass is 9.75. The molecule has 0 spiro atoms. The standard InChI is InChI=1S/C15H21Br2NOS/c1-15(2)6-4-10(5-7-15)18(3)9-12(19)11-8-13(16)20-14(11)17/h8,10H,4-7,9H2,1-3H3. The zero-order valence-corrected chi connectivity index (χ0v) is 16.2. The second-order valence-corrected chi connectivity index (χ2v) is 10.2. The van der Waals surface area contributed by atoms with Gasteiger partial charge in [0.1, 0.15) is 0 Å². The highest BCUT2D eigenvalue weighted by Gasteiger charge is 2.29. The van der Waals surface area contributed by atoms with Crippen molar-refractivity contribution in [3.05, 3.63) is 19.2 Å². The van der Waals surface area contributed by atoms with Crippen molar-refractivity contribution >= 4 is 49.0 Å². The van der Waals surface area contributed by atoms with Gasteiger partial charge in [-0.3, -0.25) is 9.69 Å². The Bertz CT molecular complexity index is 488. The van der Waals surface area contributed by atoms with Crippen LogP contribution in [0.3, 0.4) is 0 Å². The Balaban J connectivity index is 1.93. The highest BCUT2D eigenvalue weighted by molar-refractivity contribution is 9.12. The van der Waals surface area contributed by atoms with Crippen LogP contribution in [0.1, 0.15) is 49.9 Å². The van der Waals surface area contributed by atoms with E-state index in [1.807, 2.05) is 6.07 Å². The third-order valence-electron chi connectivity index (χ3n) is 4.28. The normalized spacial score (nSPS) is 19.5. The fourth-order valence-corrected chi connectivity index (χ4v) is 5.65. The first-order valence-electron chi connectivity index (χ1n) is 6.97. The number of rotatable bonds is 4. The van der Waals surface area contributed by atoms with Crippen LogP contribution in [0, 0.1) is 5.41 Å². The van der Waals surface area contributed by atoms with E-state index in [1.54, 1.807) is 11.3 Å². The summed E-state index contributed by atoms with van der Waals surface area (Å²) in [7, 11) is 2.08. The monoisotopic (exact) mass is 421 g/mol. The molecule has 0 unspecified atom stereocenters. The van der Waals surface area contributed by atoms with Gasteiger partial charge in [-0.25, -0.2) is 0 Å². The highest BCUT2D eigenvalue weighted by Crippen LogP contribution is 2.37. The molecule has 20 heavy (non-hydrogen) atoms. The van der Waals surface area contributed by atoms with E-state index in [0.717, 1.165) is 13.1 Å². The highest BCUT2D eigenvalue weighted by atomic mass is 79.9. The molecule has 0 saturated heterocycles. The van der Waals surface area contributed by atoms with Gasteiger partial charge in [0.25, 0.3) is 0 Å². The minimum absolute atomic E-state index is 0.200. The second kappa shape index (κ2) is 6.59. The van der Waals surface area contributed by atoms with Crippen LogP contribution in [0.25, 0.3) is 0 Å². The van der Waals surface area contributed by atoms with Gasteiger partial charge in [-0.1, -0.05) is 13.8 Å². The lowest BCUT2D eigenvalue weighted by Crippen LogP contribution is -2.39. The molecule has 112 valence electrons. The minimum atomic E-state index is 0.200. The summed E-state index contributed by atoms with van der Waals surface area (Å²) < 4.78 is 1.92. The van der Waals surface area contributed by atoms with Crippen molar-refractivity contribution in [2.45, 2.75) is 45.6 Å². The quantitative estimate of drug-likeness (QED) is 0.609. The van der Waals surface area contributed by atoms with Crippen molar-refractivity contribution in [1.29, 1.82) is 0 Å². The Morgan fingerprint density at radius 3 is 2.50 bits per heavy atom. The fraction of sp³-hybridized carbons (Fsp3) is 0.667. The summed E-state index contributed by atoms with van der Waals surface area (Å²) in [5.74, 6) is 0.200. The summed E-state index contributed by atoms with van der Waals surface area (Å²) >= 11 is 8.45. The van der Waals surface area contributed by atoms with E-state index in [9.17, 15) is 4.79 Å². The summed E-state index contributed by atoms with van der Waals surface area (Å²) in [5, 5.41) is 0. The average Bonchev–Trinajstić information content (AvgIpc) is 2.68. The number of Topliss-reactive ketones (excluding diaryl/α,β-unsaturated/α-hetero) is 1. The lowest BCUT2D eigenvalue weighted by Gasteiger charge is -2.38. The molecule has 0 radical (unpaired) electrons. The van der Waals surface area contributed by atoms with E-state index < -0.39 is 0 Å². The van der Waals surface area contributed by atoms with Crippen LogP contribution in [0.4, 0.5) is 0 Å². The number of likely N-dealkylation sites (N-methyl/N-ethyl adjacent to an activating group) is 1. The van der Waals surface area contributed by atoms with E-state index >= 15 is 0 Å². The number of carbonyl (C=O) groups is 1. The van der Waals surface area contributed by atoms with Crippen LogP contribution < -0.4 is 0 Å². The van der Waals surface area contributed by atoms with Gasteiger partial charge in [0.15, 0.2) is 5.78 Å². The molecule has 0 amide bonds. The predicted octanol–water partition coefficient (Wildman–Crippen LogP) is 5.36. The number of hydrogen-bond donors (Lipinski definition) is 0. The van der Waals surface area contributed by atoms with Crippen molar-refractivity contribution in [3.63, 3.8) is 0 Å². The van der Waals surface area contributed by atoms with Crippen molar-refractivity contribution in [2.75, 3.05) is 13.6 Å². The molecule has 1 heterocycles. The van der Waals surface area contributed by atoms with Gasteiger partial charge in [-0.2, -0.15) is 0 Å². The molecule has 0 N–H and O–H groups in total. The van der Waals surface area contributed by atoms with Crippen LogP contribution >= 0.6 is 43.2 Å². The first-order chi connectivity index (χ1) is 9.28. The maximum absolute atomic E-state index is 12.4. The van der Waals surface area contributed by atoms with Crippen molar-refractivity contribution in [2.24, 2.45) is 5.41 Å². The van der Waals surface area contributed by atoms with E-state index in [4.69, 9.17) is 0 Å². The van der Waals surface area contributed by atoms with Crippen LogP contribution in [-0.4, -0.2) is 30.3 Å². The topological polar surface area (TPSA) is 20.3 Å². The molecule has 1 aliphatic carbocycles. The second-order valence-electron chi connectivity index (χ2n) is 6.47. The zero-order valence-electron chi connectivity index (χ0n) is 12.2. The Kier molecular flexibility index (Phi) is 5.49. The molecule has 0 bridgehead atoms. The lowest BCUT2D eigenvalue weighted by molar-refractivity contribution is 0.0851. The van der Waals surface area contributed by atoms with Gasteiger partial charge in [0, 0.05) is 11.6 Å². The summed E-state index contributed by atoms with van der Waals surface area (Å²) in [6.07, 6.45) is 4.91. The Labute approximate surface area is 142 Å². The fourth-order valence-electron chi connectivity index (χ4n) is 2.80. The largest absolute Gasteiger partial charge is 0.296 e. The molecule has 2 rings (SSSR count). The summed E-state index contributed by atoms with van der Waals surface area (Å²) in [5.41, 5.74) is 1.27. The third kappa shape index (κ3) is 4.15. The maximum Gasteiger partial charge on any atom is 0.178 e. The first-order valence-corrected chi connectivity index (χ1v) is 9.37. The summed E-state index contributed by atoms with van der Waals surface area (Å²) in [4.78, 5) is 14.6. The molecule has 1 saturated carbocycles. The first kappa shape index (κ1) is 16.7. The average molecular weight is 423 g/mol. The van der Waals surface area contributed by atoms with Gasteiger partial charge >= 0.3 is 0 Å². The number of thiophene rings is 1. The zero-order chi connectivity index (χ0) is 14.9. The van der Waals surface area contributed by atoms with Crippen LogP contribution in [0.15, 0.2) is 13.6 Å². The summed E-state index contributed by atoms with van der Waals surface area (Å²) in [6.45, 7) is 5.19. The third-order valence-corrected chi connectivity index (χ3v) is 6.62. The van der Waals surface area contributed by atoms with Gasteiger partial charge in [0.05, 0.1) is 14.1 Å². The number of ketones is 1. The SMILES string of the molecule is CN(CC(=O)c1cc(Br)sc1Br)C1CCC(C)(C)CC1. The Morgan fingerprint density at radius 1 is 1.40 bits per heavy atom. The molecular weight excluding hydrogens is 402 g/mol. The molecule has 0 atom stereocenters. The minimum Gasteiger partial charge on any atom is -0.296 e. The predicted molar refractivity (Wildman–Crippen MR) is 92.7 cm³/mol. The van der Waals surface area contributed by atoms with E-state index in [2.05, 4.69) is 57.7 Å². The number of halogens is 2. The van der Waals surface area contributed by atoms with E-state index in [1.165, 1.54) is 25.7 Å². The van der Waals surface area contributed by atoms with Gasteiger partial charge in [0.2, 0.25) is 0 Å². The Hall–Kier alpha value is 0.290. The Morgan fingerprint density at radius 2 is 2.00 bits per heavy atom. The van der Waals surface area contributed by atoms with Gasteiger partial charge < -0.3 is 0 Å². The molecule has 1 fully saturated rings. The van der Waals surface area contributed by atoms with Crippen molar-refractivity contribution < 1.29 is 4.79 Å². The van der Waals surface area contributed by atoms with Gasteiger partial charge in [-0.15, -0.1) is 11.3 Å². The molecule has 5 heteroatoms. The molecule has 0 aromatic carbocycles. The molecule has 0 aliphatic heterocycles. The smallest absolute Gasteiger partial charge is 0.178 e. The van der Waals surface area contributed by atoms with Crippen LogP contribution in [-0.2, 0) is 0 Å². The van der Waals surface area contributed by atoms with Crippen LogP contribution in [0.5, 0.6) is 0 Å². The molecule has 2 nitrogen and oxygen atoms in total. The maximum atomic E-state index is 12.4. The molecular formula is C15H21Br2NOS. The van der Waals surface area contributed by atoms with Crippen molar-refractivity contribution in [3.8, 4) is 0 Å².